The van der Waals surface area contributed by atoms with Crippen LogP contribution in [-0.2, 0) is 45.1 Å². The zero-order valence-electron chi connectivity index (χ0n) is 40.4. The molecule has 2 aliphatic carbocycles. The van der Waals surface area contributed by atoms with Gasteiger partial charge in [0.1, 0.15) is 36.6 Å². The quantitative estimate of drug-likeness (QED) is 0.0285. The molecule has 4 aromatic rings. The standard InChI is InChI=1S/C42H36N8O16S4.4Na/c1-25-19-37(39(65-3)23-35(25)45-43-29-11-15-33(16-12-29)67(53,54)55)49(51)47-31-9-7-27(41(21-31)69(59,60)61)5-6-28-8-10-32(22-42(28)70(62,63)64)48-50(52)38-20-26(2)36(24-40(38)66-4)46-44-30-13-17-34(18-14-30)68(56,57)58;;;;/h5-24H,1-4H3,(H4-,53,54,55,56,57,58,59,60,61,62,63,64);;;;/q;4*+1/p-2. The van der Waals surface area contributed by atoms with Crippen LogP contribution in [0.5, 0.6) is 11.5 Å². The largest absolute Gasteiger partial charge is 1.00 e. The topological polar surface area (TPSA) is 368 Å². The van der Waals surface area contributed by atoms with E-state index in [1.54, 1.807) is 13.8 Å². The Bertz CT molecular complexity index is 3540. The third-order valence-corrected chi connectivity index (χ3v) is 13.1. The molecule has 74 heavy (non-hydrogen) atoms. The van der Waals surface area contributed by atoms with E-state index in [2.05, 4.69) is 30.7 Å². The van der Waals surface area contributed by atoms with Crippen molar-refractivity contribution in [1.82, 2.24) is 0 Å². The van der Waals surface area contributed by atoms with Crippen LogP contribution in [0, 0.1) is 24.0 Å². The van der Waals surface area contributed by atoms with Gasteiger partial charge in [-0.25, -0.2) is 16.8 Å². The number of ether oxygens (including phenoxy) is 2. The zero-order chi connectivity index (χ0) is 51.3. The maximum absolute atomic E-state index is 13.3. The molecular weight excluding hydrogens is 1090 g/mol. The Kier molecular flexibility index (Phi) is 25.1. The van der Waals surface area contributed by atoms with Crippen molar-refractivity contribution >= 4 is 86.4 Å². The van der Waals surface area contributed by atoms with Crippen LogP contribution in [0.25, 0.3) is 0 Å². The second-order valence-corrected chi connectivity index (χ2v) is 19.9. The summed E-state index contributed by atoms with van der Waals surface area (Å²) in [5.74, 6) is -0.104. The van der Waals surface area contributed by atoms with Crippen LogP contribution in [0.15, 0.2) is 183 Å². The van der Waals surface area contributed by atoms with Gasteiger partial charge in [-0.2, -0.15) is 38.5 Å². The summed E-state index contributed by atoms with van der Waals surface area (Å²) in [6.45, 7) is 3.14. The number of allylic oxidation sites excluding steroid dienone is 10. The van der Waals surface area contributed by atoms with Gasteiger partial charge in [-0.3, -0.25) is 4.55 Å². The van der Waals surface area contributed by atoms with Crippen molar-refractivity contribution < 1.29 is 185 Å². The molecule has 0 spiro atoms. The molecular formula is C42H34N8Na4O16S4+2. The third-order valence-electron chi connectivity index (χ3n) is 9.61. The van der Waals surface area contributed by atoms with Crippen molar-refractivity contribution in [2.45, 2.75) is 23.6 Å². The fourth-order valence-electron chi connectivity index (χ4n) is 6.14. The van der Waals surface area contributed by atoms with E-state index in [9.17, 15) is 62.3 Å². The van der Waals surface area contributed by atoms with Crippen molar-refractivity contribution in [3.8, 4) is 11.5 Å². The van der Waals surface area contributed by atoms with Gasteiger partial charge in [0.2, 0.25) is 16.2 Å². The monoisotopic (exact) mass is 1130 g/mol. The summed E-state index contributed by atoms with van der Waals surface area (Å²) >= 11 is 0. The first kappa shape index (κ1) is 66.7. The fourth-order valence-corrected chi connectivity index (χ4v) is 8.48. The second-order valence-electron chi connectivity index (χ2n) is 14.4. The summed E-state index contributed by atoms with van der Waals surface area (Å²) in [6.07, 6.45) is 8.37. The summed E-state index contributed by atoms with van der Waals surface area (Å²) in [4.78, 5) is 11.0. The Morgan fingerprint density at radius 1 is 0.662 bits per heavy atom. The summed E-state index contributed by atoms with van der Waals surface area (Å²) in [6, 6.07) is 14.8. The van der Waals surface area contributed by atoms with Gasteiger partial charge < -0.3 is 33.5 Å². The number of nitroso groups, excluding NO2 is 1. The van der Waals surface area contributed by atoms with Gasteiger partial charge in [0.05, 0.1) is 68.2 Å². The maximum atomic E-state index is 13.3. The number of rotatable bonds is 15. The molecule has 0 fully saturated rings. The first-order valence-electron chi connectivity index (χ1n) is 19.4. The second kappa shape index (κ2) is 27.8. The van der Waals surface area contributed by atoms with Gasteiger partial charge in [-0.1, -0.05) is 28.5 Å². The number of azo groups is 2. The summed E-state index contributed by atoms with van der Waals surface area (Å²) in [5.41, 5.74) is 0.218. The molecule has 2 N–H and O–H groups in total. The summed E-state index contributed by atoms with van der Waals surface area (Å²) in [7, 11) is -16.9. The van der Waals surface area contributed by atoms with Gasteiger partial charge in [-0.15, -0.1) is 0 Å². The Labute approximate surface area is 513 Å². The Hall–Kier alpha value is -3.38. The van der Waals surface area contributed by atoms with E-state index in [0.29, 0.717) is 11.1 Å². The molecule has 0 saturated heterocycles. The van der Waals surface area contributed by atoms with E-state index < -0.39 is 55.6 Å². The number of hydrogen-bond acceptors (Lipinski definition) is 20. The van der Waals surface area contributed by atoms with Crippen LogP contribution < -0.4 is 133 Å². The molecule has 0 saturated carbocycles. The van der Waals surface area contributed by atoms with E-state index in [-0.39, 0.29) is 201 Å². The smallest absolute Gasteiger partial charge is 0.744 e. The minimum absolute atomic E-state index is 0. The number of hydrazone groups is 2. The average molecular weight is 1130 g/mol. The molecule has 0 aromatic heterocycles. The van der Waals surface area contributed by atoms with Gasteiger partial charge in [0, 0.05) is 18.2 Å². The molecule has 32 heteroatoms. The van der Waals surface area contributed by atoms with E-state index in [0.717, 1.165) is 60.7 Å². The SMILES string of the molecule is COc1cc(N=Nc2ccc([S+](=O)([O-])O)cc2)c(C)cc1N([O-])N=C1C=CC(=CC=C2C=CC(=N[N+](=O)c3cc(C)c(N=Nc4ccc(S(=O)(=O)[O-])cc4)cc3OC)C=C2S(=O)(=O)O)C(S(=O)(=O)[O-])=C1.[Na+].[Na+].[Na+].[Na+]. The normalized spacial score (nSPS) is 16.7. The van der Waals surface area contributed by atoms with Crippen LogP contribution in [0.2, 0.25) is 0 Å². The zero-order valence-corrected chi connectivity index (χ0v) is 51.6. The predicted molar refractivity (Wildman–Crippen MR) is 250 cm³/mol. The number of methoxy groups -OCH3 is 2. The van der Waals surface area contributed by atoms with Crippen LogP contribution >= 0.6 is 0 Å². The number of anilines is 1. The van der Waals surface area contributed by atoms with Gasteiger partial charge in [0.25, 0.3) is 10.1 Å². The van der Waals surface area contributed by atoms with Crippen molar-refractivity contribution in [3.05, 3.63) is 164 Å². The number of hydrogen-bond donors (Lipinski definition) is 2. The molecule has 0 aliphatic heterocycles. The summed E-state index contributed by atoms with van der Waals surface area (Å²) in [5, 5.41) is 37.4. The van der Waals surface area contributed by atoms with Gasteiger partial charge >= 0.3 is 124 Å². The number of aryl methyl sites for hydroxylation is 2. The molecule has 1 atom stereocenters. The molecule has 0 radical (unpaired) electrons. The van der Waals surface area contributed by atoms with Crippen LogP contribution in [0.4, 0.5) is 34.1 Å². The van der Waals surface area contributed by atoms with E-state index >= 15 is 0 Å². The third kappa shape index (κ3) is 17.6. The predicted octanol–water partition coefficient (Wildman–Crippen LogP) is -4.15. The molecule has 0 amide bonds. The Balaban J connectivity index is 0.00000469. The maximum Gasteiger partial charge on any atom is 1.00 e. The number of nitrogens with zero attached hydrogens (tertiary/aromatic N) is 8. The molecule has 2 aliphatic rings. The van der Waals surface area contributed by atoms with E-state index in [1.165, 1.54) is 74.9 Å². The fraction of sp³-hybridized carbons (Fsp3) is 0.0952. The first-order valence-corrected chi connectivity index (χ1v) is 25.1. The molecule has 6 rings (SSSR count). The first-order chi connectivity index (χ1) is 32.7. The molecule has 4 aromatic carbocycles. The van der Waals surface area contributed by atoms with Gasteiger partial charge in [0.15, 0.2) is 9.76 Å². The number of benzene rings is 4. The van der Waals surface area contributed by atoms with Crippen molar-refractivity contribution in [1.29, 1.82) is 0 Å². The van der Waals surface area contributed by atoms with Crippen molar-refractivity contribution in [2.75, 3.05) is 19.4 Å². The van der Waals surface area contributed by atoms with Crippen LogP contribution in [-0.4, -0.2) is 78.5 Å². The minimum Gasteiger partial charge on any atom is -0.744 e. The minimum atomic E-state index is -5.29. The Morgan fingerprint density at radius 2 is 1.14 bits per heavy atom. The van der Waals surface area contributed by atoms with Gasteiger partial charge in [-0.05, 0) is 115 Å². The molecule has 0 heterocycles. The van der Waals surface area contributed by atoms with Crippen LogP contribution in [0.1, 0.15) is 11.1 Å². The van der Waals surface area contributed by atoms with Crippen molar-refractivity contribution in [3.63, 3.8) is 0 Å². The molecule has 0 bridgehead atoms. The van der Waals surface area contributed by atoms with Crippen molar-refractivity contribution in [2.24, 2.45) is 30.7 Å². The molecule has 1 unspecified atom stereocenters. The molecule has 24 nitrogen and oxygen atoms in total. The average Bonchev–Trinajstić information content (AvgIpc) is 3.29. The van der Waals surface area contributed by atoms with E-state index in [4.69, 9.17) is 9.47 Å². The van der Waals surface area contributed by atoms with Crippen LogP contribution in [0.3, 0.4) is 0 Å². The Morgan fingerprint density at radius 3 is 1.62 bits per heavy atom. The summed E-state index contributed by atoms with van der Waals surface area (Å²) < 4.78 is 149. The molecule has 364 valence electrons. The van der Waals surface area contributed by atoms with E-state index in [1.807, 2.05) is 0 Å².